The van der Waals surface area contributed by atoms with Gasteiger partial charge >= 0.3 is 0 Å². The number of nitrogens with one attached hydrogen (secondary N) is 2. The molecule has 0 bridgehead atoms. The number of pyridine rings is 1. The summed E-state index contributed by atoms with van der Waals surface area (Å²) in [4.78, 5) is 30.5. The number of nitrogens with zero attached hydrogens (tertiary/aromatic N) is 7. The number of aromatic amines is 1. The maximum absolute atomic E-state index is 4.65. The highest BCUT2D eigenvalue weighted by Gasteiger charge is 2.15. The van der Waals surface area contributed by atoms with Crippen molar-refractivity contribution in [2.75, 3.05) is 43.4 Å². The Hall–Kier alpha value is -4.11. The molecule has 0 radical (unpaired) electrons. The fourth-order valence-electron chi connectivity index (χ4n) is 4.15. The molecule has 164 valence electrons. The van der Waals surface area contributed by atoms with Crippen molar-refractivity contribution in [3.05, 3.63) is 61.3 Å². The van der Waals surface area contributed by atoms with Crippen molar-refractivity contribution in [1.29, 1.82) is 0 Å². The SMILES string of the molecule is CN1CCN(c2ccc(Nc3ncc4c(-c5ccc6nccnc6c5)c[nH]c4n3)cn2)CC1. The Morgan fingerprint density at radius 3 is 2.55 bits per heavy atom. The van der Waals surface area contributed by atoms with Gasteiger partial charge in [0.1, 0.15) is 11.5 Å². The van der Waals surface area contributed by atoms with E-state index in [0.29, 0.717) is 5.95 Å². The van der Waals surface area contributed by atoms with Crippen LogP contribution in [0, 0.1) is 0 Å². The second-order valence-electron chi connectivity index (χ2n) is 8.24. The van der Waals surface area contributed by atoms with Crippen LogP contribution < -0.4 is 10.2 Å². The van der Waals surface area contributed by atoms with E-state index in [1.807, 2.05) is 48.9 Å². The zero-order chi connectivity index (χ0) is 22.2. The molecular formula is C24H23N9. The van der Waals surface area contributed by atoms with Gasteiger partial charge in [-0.3, -0.25) is 9.97 Å². The summed E-state index contributed by atoms with van der Waals surface area (Å²) in [6.07, 6.45) is 9.02. The lowest BCUT2D eigenvalue weighted by Gasteiger charge is -2.33. The van der Waals surface area contributed by atoms with Crippen LogP contribution in [0.1, 0.15) is 0 Å². The lowest BCUT2D eigenvalue weighted by atomic mass is 10.1. The number of rotatable bonds is 4. The summed E-state index contributed by atoms with van der Waals surface area (Å²) in [5, 5.41) is 4.21. The van der Waals surface area contributed by atoms with Gasteiger partial charge in [-0.05, 0) is 36.9 Å². The highest BCUT2D eigenvalue weighted by Crippen LogP contribution is 2.29. The molecule has 6 rings (SSSR count). The van der Waals surface area contributed by atoms with Crippen molar-refractivity contribution in [2.24, 2.45) is 0 Å². The van der Waals surface area contributed by atoms with Crippen LogP contribution in [0.5, 0.6) is 0 Å². The minimum absolute atomic E-state index is 0.523. The highest BCUT2D eigenvalue weighted by molar-refractivity contribution is 5.95. The van der Waals surface area contributed by atoms with Crippen molar-refractivity contribution in [2.45, 2.75) is 0 Å². The van der Waals surface area contributed by atoms with Crippen LogP contribution in [0.4, 0.5) is 17.5 Å². The number of anilines is 3. The van der Waals surface area contributed by atoms with Crippen LogP contribution in [-0.4, -0.2) is 68.0 Å². The molecule has 2 N–H and O–H groups in total. The topological polar surface area (TPSA) is 98.8 Å². The third kappa shape index (κ3) is 3.83. The minimum atomic E-state index is 0.523. The second kappa shape index (κ2) is 8.10. The van der Waals surface area contributed by atoms with Crippen LogP contribution in [0.3, 0.4) is 0 Å². The van der Waals surface area contributed by atoms with E-state index in [9.17, 15) is 0 Å². The van der Waals surface area contributed by atoms with Crippen LogP contribution in [0.2, 0.25) is 0 Å². The van der Waals surface area contributed by atoms with Gasteiger partial charge in [0.2, 0.25) is 5.95 Å². The molecule has 0 unspecified atom stereocenters. The predicted molar refractivity (Wildman–Crippen MR) is 130 cm³/mol. The Morgan fingerprint density at radius 1 is 0.879 bits per heavy atom. The van der Waals surface area contributed by atoms with Gasteiger partial charge in [0.05, 0.1) is 22.9 Å². The quantitative estimate of drug-likeness (QED) is 0.441. The monoisotopic (exact) mass is 437 g/mol. The summed E-state index contributed by atoms with van der Waals surface area (Å²) in [7, 11) is 2.15. The first-order valence-electron chi connectivity index (χ1n) is 10.9. The second-order valence-corrected chi connectivity index (χ2v) is 8.24. The fourth-order valence-corrected chi connectivity index (χ4v) is 4.15. The van der Waals surface area contributed by atoms with Gasteiger partial charge in [-0.15, -0.1) is 0 Å². The number of aromatic nitrogens is 6. The predicted octanol–water partition coefficient (Wildman–Crippen LogP) is 3.46. The molecular weight excluding hydrogens is 414 g/mol. The van der Waals surface area contributed by atoms with Gasteiger partial charge in [0, 0.05) is 61.9 Å². The van der Waals surface area contributed by atoms with Crippen molar-refractivity contribution in [3.63, 3.8) is 0 Å². The third-order valence-corrected chi connectivity index (χ3v) is 6.04. The van der Waals surface area contributed by atoms with E-state index < -0.39 is 0 Å². The molecule has 0 amide bonds. The Kier molecular flexibility index (Phi) is 4.80. The molecule has 5 aromatic rings. The standard InChI is InChI=1S/C24H23N9/c1-32-8-10-33(11-9-32)22-5-3-17(13-27-22)30-24-29-15-19-18(14-28-23(19)31-24)16-2-4-20-21(12-16)26-7-6-25-20/h2-7,12-15H,8-11H2,1H3,(H2,28,29,30,31). The largest absolute Gasteiger partial charge is 0.354 e. The van der Waals surface area contributed by atoms with Gasteiger partial charge in [-0.2, -0.15) is 4.98 Å². The van der Waals surface area contributed by atoms with Crippen molar-refractivity contribution < 1.29 is 0 Å². The highest BCUT2D eigenvalue weighted by atomic mass is 15.3. The molecule has 1 aromatic carbocycles. The Labute approximate surface area is 190 Å². The third-order valence-electron chi connectivity index (χ3n) is 6.04. The van der Waals surface area contributed by atoms with Crippen molar-refractivity contribution >= 4 is 39.5 Å². The Bertz CT molecular complexity index is 1420. The molecule has 0 atom stereocenters. The van der Waals surface area contributed by atoms with E-state index in [4.69, 9.17) is 0 Å². The lowest BCUT2D eigenvalue weighted by Crippen LogP contribution is -2.44. The zero-order valence-electron chi connectivity index (χ0n) is 18.2. The minimum Gasteiger partial charge on any atom is -0.354 e. The van der Waals surface area contributed by atoms with E-state index in [0.717, 1.165) is 70.9 Å². The molecule has 9 nitrogen and oxygen atoms in total. The maximum atomic E-state index is 4.65. The van der Waals surface area contributed by atoms with E-state index in [-0.39, 0.29) is 0 Å². The van der Waals surface area contributed by atoms with Crippen LogP contribution in [0.25, 0.3) is 33.2 Å². The summed E-state index contributed by atoms with van der Waals surface area (Å²) >= 11 is 0. The van der Waals surface area contributed by atoms with E-state index in [2.05, 4.69) is 52.1 Å². The molecule has 5 heterocycles. The normalized spacial score (nSPS) is 14.8. The van der Waals surface area contributed by atoms with Crippen molar-refractivity contribution in [1.82, 2.24) is 34.8 Å². The molecule has 1 aliphatic rings. The molecule has 33 heavy (non-hydrogen) atoms. The number of H-pyrrole nitrogens is 1. The van der Waals surface area contributed by atoms with Gasteiger partial charge < -0.3 is 20.1 Å². The number of likely N-dealkylation sites (N-methyl/N-ethyl adjacent to an activating group) is 1. The van der Waals surface area contributed by atoms with Crippen molar-refractivity contribution in [3.8, 4) is 11.1 Å². The van der Waals surface area contributed by atoms with Gasteiger partial charge in [-0.1, -0.05) is 6.07 Å². The number of fused-ring (bicyclic) bond motifs is 2. The number of benzene rings is 1. The van der Waals surface area contributed by atoms with Crippen LogP contribution >= 0.6 is 0 Å². The molecule has 4 aromatic heterocycles. The fraction of sp³-hybridized carbons (Fsp3) is 0.208. The van der Waals surface area contributed by atoms with E-state index in [1.165, 1.54) is 0 Å². The maximum Gasteiger partial charge on any atom is 0.229 e. The first-order valence-corrected chi connectivity index (χ1v) is 10.9. The molecule has 1 saturated heterocycles. The van der Waals surface area contributed by atoms with E-state index in [1.54, 1.807) is 12.4 Å². The first-order chi connectivity index (χ1) is 16.2. The molecule has 9 heteroatoms. The Balaban J connectivity index is 1.22. The van der Waals surface area contributed by atoms with Gasteiger partial charge in [-0.25, -0.2) is 9.97 Å². The molecule has 0 aliphatic carbocycles. The summed E-state index contributed by atoms with van der Waals surface area (Å²) in [5.74, 6) is 1.52. The number of piperazine rings is 1. The molecule has 1 fully saturated rings. The summed E-state index contributed by atoms with van der Waals surface area (Å²) < 4.78 is 0. The van der Waals surface area contributed by atoms with E-state index >= 15 is 0 Å². The molecule has 1 aliphatic heterocycles. The Morgan fingerprint density at radius 2 is 1.73 bits per heavy atom. The number of hydrogen-bond donors (Lipinski definition) is 2. The average molecular weight is 438 g/mol. The first kappa shape index (κ1) is 19.6. The van der Waals surface area contributed by atoms with Crippen LogP contribution in [0.15, 0.2) is 61.3 Å². The molecule has 0 saturated carbocycles. The average Bonchev–Trinajstić information content (AvgIpc) is 3.28. The van der Waals surface area contributed by atoms with Gasteiger partial charge in [0.15, 0.2) is 0 Å². The zero-order valence-corrected chi connectivity index (χ0v) is 18.2. The molecule has 0 spiro atoms. The van der Waals surface area contributed by atoms with Gasteiger partial charge in [0.25, 0.3) is 0 Å². The smallest absolute Gasteiger partial charge is 0.229 e. The summed E-state index contributed by atoms with van der Waals surface area (Å²) in [6.45, 7) is 4.10. The number of hydrogen-bond acceptors (Lipinski definition) is 8. The summed E-state index contributed by atoms with van der Waals surface area (Å²) in [5.41, 5.74) is 5.42. The van der Waals surface area contributed by atoms with Crippen LogP contribution in [-0.2, 0) is 0 Å². The lowest BCUT2D eigenvalue weighted by molar-refractivity contribution is 0.312. The summed E-state index contributed by atoms with van der Waals surface area (Å²) in [6, 6.07) is 10.1.